The Morgan fingerprint density at radius 1 is 1.25 bits per heavy atom. The van der Waals surface area contributed by atoms with Gasteiger partial charge < -0.3 is 25.3 Å². The number of nitrogens with zero attached hydrogens (tertiary/aromatic N) is 2. The molecule has 2 rings (SSSR count). The van der Waals surface area contributed by atoms with E-state index in [4.69, 9.17) is 20.4 Å². The summed E-state index contributed by atoms with van der Waals surface area (Å²) < 4.78 is 11.3. The van der Waals surface area contributed by atoms with Crippen LogP contribution in [0.1, 0.15) is 39.2 Å². The maximum Gasteiger partial charge on any atom is 0.410 e. The number of rotatable bonds is 3. The molecule has 3 N–H and O–H groups in total. The van der Waals surface area contributed by atoms with Crippen molar-refractivity contribution in [1.29, 1.82) is 0 Å². The number of nitrogens with two attached hydrogens (primary N) is 1. The van der Waals surface area contributed by atoms with Crippen LogP contribution in [0.15, 0.2) is 29.4 Å². The van der Waals surface area contributed by atoms with E-state index in [0.29, 0.717) is 18.7 Å². The number of amides is 1. The maximum absolute atomic E-state index is 12.0. The molecule has 1 amide bonds. The van der Waals surface area contributed by atoms with Gasteiger partial charge in [0.2, 0.25) is 0 Å². The van der Waals surface area contributed by atoms with Crippen LogP contribution < -0.4 is 10.5 Å². The van der Waals surface area contributed by atoms with Crippen LogP contribution in [0.4, 0.5) is 4.79 Å². The Morgan fingerprint density at radius 2 is 1.83 bits per heavy atom. The third kappa shape index (κ3) is 5.04. The van der Waals surface area contributed by atoms with E-state index in [1.807, 2.05) is 20.8 Å². The topological polar surface area (TPSA) is 97.4 Å². The summed E-state index contributed by atoms with van der Waals surface area (Å²) in [7, 11) is 0. The number of piperidine rings is 1. The number of carbonyl (C=O) groups is 1. The van der Waals surface area contributed by atoms with Crippen LogP contribution in [0.25, 0.3) is 0 Å². The van der Waals surface area contributed by atoms with E-state index in [9.17, 15) is 4.79 Å². The van der Waals surface area contributed by atoms with Crippen LogP contribution in [-0.2, 0) is 4.74 Å². The highest BCUT2D eigenvalue weighted by molar-refractivity contribution is 5.97. The first kappa shape index (κ1) is 17.9. The Labute approximate surface area is 142 Å². The maximum atomic E-state index is 12.0. The lowest BCUT2D eigenvalue weighted by molar-refractivity contribution is 0.0126. The summed E-state index contributed by atoms with van der Waals surface area (Å²) in [5, 5.41) is 11.6. The van der Waals surface area contributed by atoms with Crippen molar-refractivity contribution in [2.75, 3.05) is 13.1 Å². The first-order valence-corrected chi connectivity index (χ1v) is 8.01. The molecule has 1 aromatic carbocycles. The Morgan fingerprint density at radius 3 is 2.33 bits per heavy atom. The smallest absolute Gasteiger partial charge is 0.410 e. The van der Waals surface area contributed by atoms with Crippen LogP contribution in [0.3, 0.4) is 0 Å². The molecule has 1 aromatic rings. The Hall–Kier alpha value is -2.44. The van der Waals surface area contributed by atoms with E-state index in [1.54, 1.807) is 29.2 Å². The molecule has 132 valence electrons. The highest BCUT2D eigenvalue weighted by atomic mass is 16.6. The predicted octanol–water partition coefficient (Wildman–Crippen LogP) is 2.56. The number of amidine groups is 1. The summed E-state index contributed by atoms with van der Waals surface area (Å²) in [6.07, 6.45) is 1.28. The minimum atomic E-state index is -0.480. The highest BCUT2D eigenvalue weighted by Crippen LogP contribution is 2.21. The van der Waals surface area contributed by atoms with Crippen molar-refractivity contribution in [3.63, 3.8) is 0 Å². The average molecular weight is 335 g/mol. The van der Waals surface area contributed by atoms with E-state index in [2.05, 4.69) is 5.16 Å². The minimum absolute atomic E-state index is 0.0541. The largest absolute Gasteiger partial charge is 0.490 e. The zero-order chi connectivity index (χ0) is 17.7. The van der Waals surface area contributed by atoms with Crippen LogP contribution >= 0.6 is 0 Å². The fourth-order valence-corrected chi connectivity index (χ4v) is 2.44. The standard InChI is InChI=1S/C17H25N3O4/c1-17(2,3)24-16(21)20-10-8-14(9-11-20)23-13-6-4-12(5-7-13)15(18)19-22/h4-7,14,22H,8-11H2,1-3H3,(H2,18,19). The predicted molar refractivity (Wildman–Crippen MR) is 90.4 cm³/mol. The second-order valence-electron chi connectivity index (χ2n) is 6.79. The minimum Gasteiger partial charge on any atom is -0.490 e. The Bertz CT molecular complexity index is 585. The number of oxime groups is 1. The van der Waals surface area contributed by atoms with Crippen molar-refractivity contribution in [3.05, 3.63) is 29.8 Å². The zero-order valence-corrected chi connectivity index (χ0v) is 14.4. The molecular weight excluding hydrogens is 310 g/mol. The number of hydrogen-bond donors (Lipinski definition) is 2. The van der Waals surface area contributed by atoms with Gasteiger partial charge in [-0.05, 0) is 45.0 Å². The molecule has 1 aliphatic heterocycles. The summed E-state index contributed by atoms with van der Waals surface area (Å²) in [6.45, 7) is 6.81. The lowest BCUT2D eigenvalue weighted by Gasteiger charge is -2.33. The molecule has 0 atom stereocenters. The van der Waals surface area contributed by atoms with E-state index >= 15 is 0 Å². The number of carbonyl (C=O) groups excluding carboxylic acids is 1. The van der Waals surface area contributed by atoms with Crippen molar-refractivity contribution in [3.8, 4) is 5.75 Å². The molecule has 1 heterocycles. The molecule has 0 aromatic heterocycles. The molecule has 7 nitrogen and oxygen atoms in total. The summed E-state index contributed by atoms with van der Waals surface area (Å²) in [6, 6.07) is 7.04. The van der Waals surface area contributed by atoms with Gasteiger partial charge in [-0.2, -0.15) is 0 Å². The molecule has 0 aliphatic carbocycles. The quantitative estimate of drug-likeness (QED) is 0.383. The summed E-state index contributed by atoms with van der Waals surface area (Å²) >= 11 is 0. The van der Waals surface area contributed by atoms with Crippen LogP contribution in [0.2, 0.25) is 0 Å². The summed E-state index contributed by atoms with van der Waals surface area (Å²) in [5.41, 5.74) is 5.67. The highest BCUT2D eigenvalue weighted by Gasteiger charge is 2.27. The Balaban J connectivity index is 1.84. The van der Waals surface area contributed by atoms with Gasteiger partial charge in [-0.3, -0.25) is 0 Å². The fraction of sp³-hybridized carbons (Fsp3) is 0.529. The van der Waals surface area contributed by atoms with Crippen molar-refractivity contribution in [2.45, 2.75) is 45.3 Å². The fourth-order valence-electron chi connectivity index (χ4n) is 2.44. The number of likely N-dealkylation sites (tertiary alicyclic amines) is 1. The van der Waals surface area contributed by atoms with Gasteiger partial charge in [0.05, 0.1) is 0 Å². The molecular formula is C17H25N3O4. The van der Waals surface area contributed by atoms with Crippen molar-refractivity contribution >= 4 is 11.9 Å². The van der Waals surface area contributed by atoms with Crippen LogP contribution in [-0.4, -0.2) is 46.8 Å². The molecule has 0 unspecified atom stereocenters. The zero-order valence-electron chi connectivity index (χ0n) is 14.4. The molecule has 0 spiro atoms. The average Bonchev–Trinajstić information content (AvgIpc) is 2.54. The first-order valence-electron chi connectivity index (χ1n) is 8.01. The SMILES string of the molecule is CC(C)(C)OC(=O)N1CCC(Oc2ccc(C(N)=NO)cc2)CC1. The van der Waals surface area contributed by atoms with Crippen molar-refractivity contribution in [2.24, 2.45) is 10.9 Å². The second kappa shape index (κ2) is 7.42. The second-order valence-corrected chi connectivity index (χ2v) is 6.79. The summed E-state index contributed by atoms with van der Waals surface area (Å²) in [4.78, 5) is 13.7. The van der Waals surface area contributed by atoms with E-state index in [0.717, 1.165) is 18.6 Å². The van der Waals surface area contributed by atoms with Gasteiger partial charge in [0.25, 0.3) is 0 Å². The molecule has 0 saturated carbocycles. The van der Waals surface area contributed by atoms with Gasteiger partial charge in [-0.1, -0.05) is 5.16 Å². The van der Waals surface area contributed by atoms with Gasteiger partial charge in [-0.15, -0.1) is 0 Å². The van der Waals surface area contributed by atoms with Gasteiger partial charge >= 0.3 is 6.09 Å². The normalized spacial score (nSPS) is 16.8. The molecule has 7 heteroatoms. The molecule has 1 fully saturated rings. The van der Waals surface area contributed by atoms with Crippen LogP contribution in [0, 0.1) is 0 Å². The lowest BCUT2D eigenvalue weighted by atomic mass is 10.1. The number of hydrogen-bond acceptors (Lipinski definition) is 5. The van der Waals surface area contributed by atoms with E-state index in [-0.39, 0.29) is 18.0 Å². The van der Waals surface area contributed by atoms with E-state index in [1.165, 1.54) is 0 Å². The van der Waals surface area contributed by atoms with Crippen LogP contribution in [0.5, 0.6) is 5.75 Å². The first-order chi connectivity index (χ1) is 11.3. The number of benzene rings is 1. The van der Waals surface area contributed by atoms with Gasteiger partial charge in [0, 0.05) is 31.5 Å². The van der Waals surface area contributed by atoms with Crippen molar-refractivity contribution in [1.82, 2.24) is 4.90 Å². The summed E-state index contributed by atoms with van der Waals surface area (Å²) in [5.74, 6) is 0.785. The monoisotopic (exact) mass is 335 g/mol. The Kier molecular flexibility index (Phi) is 5.54. The molecule has 24 heavy (non-hydrogen) atoms. The molecule has 0 radical (unpaired) electrons. The van der Waals surface area contributed by atoms with E-state index < -0.39 is 5.60 Å². The third-order valence-corrected chi connectivity index (χ3v) is 3.65. The molecule has 1 saturated heterocycles. The third-order valence-electron chi connectivity index (χ3n) is 3.65. The molecule has 0 bridgehead atoms. The van der Waals surface area contributed by atoms with Gasteiger partial charge in [0.15, 0.2) is 5.84 Å². The van der Waals surface area contributed by atoms with Gasteiger partial charge in [0.1, 0.15) is 17.5 Å². The lowest BCUT2D eigenvalue weighted by Crippen LogP contribution is -2.44. The number of ether oxygens (including phenoxy) is 2. The molecule has 1 aliphatic rings. The van der Waals surface area contributed by atoms with Crippen molar-refractivity contribution < 1.29 is 19.5 Å². The van der Waals surface area contributed by atoms with Gasteiger partial charge in [-0.25, -0.2) is 4.79 Å².